The van der Waals surface area contributed by atoms with Crippen molar-refractivity contribution >= 4 is 0 Å². The van der Waals surface area contributed by atoms with Gasteiger partial charge in [0, 0.05) is 6.04 Å². The van der Waals surface area contributed by atoms with Crippen molar-refractivity contribution in [3.8, 4) is 0 Å². The Bertz CT molecular complexity index is 349. The normalized spacial score (nSPS) is 21.7. The monoisotopic (exact) mass is 203 g/mol. The van der Waals surface area contributed by atoms with E-state index in [1.807, 2.05) is 0 Å². The molecule has 1 saturated heterocycles. The molecule has 1 heterocycles. The molecule has 0 aromatic heterocycles. The van der Waals surface area contributed by atoms with Gasteiger partial charge in [0.15, 0.2) is 0 Å². The van der Waals surface area contributed by atoms with Crippen LogP contribution in [0.3, 0.4) is 0 Å². The Morgan fingerprint density at radius 1 is 1.00 bits per heavy atom. The Kier molecular flexibility index (Phi) is 3.11. The molecular weight excluding hydrogens is 182 g/mol. The van der Waals surface area contributed by atoms with Gasteiger partial charge in [-0.2, -0.15) is 0 Å². The zero-order valence-corrected chi connectivity index (χ0v) is 10.1. The molecule has 1 aliphatic rings. The molecule has 0 bridgehead atoms. The Morgan fingerprint density at radius 3 is 2.40 bits per heavy atom. The Hall–Kier alpha value is -0.820. The summed E-state index contributed by atoms with van der Waals surface area (Å²) in [4.78, 5) is 0. The zero-order chi connectivity index (χ0) is 10.8. The van der Waals surface area contributed by atoms with E-state index in [0.717, 1.165) is 0 Å². The molecule has 0 saturated carbocycles. The van der Waals surface area contributed by atoms with Gasteiger partial charge in [0.1, 0.15) is 0 Å². The summed E-state index contributed by atoms with van der Waals surface area (Å²) in [6.07, 6.45) is 3.99. The highest BCUT2D eigenvalue weighted by Crippen LogP contribution is 2.27. The second-order valence-electron chi connectivity index (χ2n) is 4.80. The number of rotatable bonds is 1. The minimum absolute atomic E-state index is 0.595. The maximum atomic E-state index is 3.62. The fourth-order valence-electron chi connectivity index (χ4n) is 2.48. The first-order valence-corrected chi connectivity index (χ1v) is 5.99. The van der Waals surface area contributed by atoms with Crippen molar-refractivity contribution in [1.29, 1.82) is 0 Å². The van der Waals surface area contributed by atoms with Crippen LogP contribution in [0.2, 0.25) is 0 Å². The predicted octanol–water partition coefficient (Wildman–Crippen LogP) is 3.43. The van der Waals surface area contributed by atoms with Gasteiger partial charge < -0.3 is 5.32 Å². The van der Waals surface area contributed by atoms with E-state index in [4.69, 9.17) is 0 Å². The smallest absolute Gasteiger partial charge is 0.0322 e. The lowest BCUT2D eigenvalue weighted by atomic mass is 9.91. The third kappa shape index (κ3) is 2.23. The van der Waals surface area contributed by atoms with Crippen LogP contribution in [0.4, 0.5) is 0 Å². The molecule has 1 heteroatoms. The van der Waals surface area contributed by atoms with Crippen LogP contribution in [0.5, 0.6) is 0 Å². The molecule has 1 aromatic rings. The maximum absolute atomic E-state index is 3.62. The van der Waals surface area contributed by atoms with Crippen molar-refractivity contribution in [2.45, 2.75) is 46.1 Å². The average molecular weight is 203 g/mol. The topological polar surface area (TPSA) is 12.0 Å². The van der Waals surface area contributed by atoms with Gasteiger partial charge >= 0.3 is 0 Å². The van der Waals surface area contributed by atoms with Crippen molar-refractivity contribution in [3.63, 3.8) is 0 Å². The van der Waals surface area contributed by atoms with Gasteiger partial charge in [-0.25, -0.2) is 0 Å². The van der Waals surface area contributed by atoms with Crippen molar-refractivity contribution in [3.05, 3.63) is 34.4 Å². The number of benzene rings is 1. The van der Waals surface area contributed by atoms with Crippen molar-refractivity contribution in [2.75, 3.05) is 6.54 Å². The van der Waals surface area contributed by atoms with Crippen LogP contribution in [-0.2, 0) is 0 Å². The van der Waals surface area contributed by atoms with Gasteiger partial charge in [0.25, 0.3) is 0 Å². The summed E-state index contributed by atoms with van der Waals surface area (Å²) < 4.78 is 0. The first-order valence-electron chi connectivity index (χ1n) is 5.99. The average Bonchev–Trinajstić information content (AvgIpc) is 2.25. The summed E-state index contributed by atoms with van der Waals surface area (Å²) in [5.41, 5.74) is 5.78. The van der Waals surface area contributed by atoms with Gasteiger partial charge in [0.2, 0.25) is 0 Å². The van der Waals surface area contributed by atoms with Gasteiger partial charge in [0.05, 0.1) is 0 Å². The molecular formula is C14H21N. The quantitative estimate of drug-likeness (QED) is 0.737. The Balaban J connectivity index is 2.30. The maximum Gasteiger partial charge on any atom is 0.0322 e. The molecule has 2 rings (SSSR count). The zero-order valence-electron chi connectivity index (χ0n) is 10.1. The van der Waals surface area contributed by atoms with E-state index in [2.05, 4.69) is 38.2 Å². The van der Waals surface area contributed by atoms with E-state index in [9.17, 15) is 0 Å². The highest BCUT2D eigenvalue weighted by molar-refractivity contribution is 5.38. The molecule has 1 unspecified atom stereocenters. The summed E-state index contributed by atoms with van der Waals surface area (Å²) in [5.74, 6) is 0. The summed E-state index contributed by atoms with van der Waals surface area (Å²) in [6.45, 7) is 7.82. The number of nitrogens with one attached hydrogen (secondary N) is 1. The molecule has 0 radical (unpaired) electrons. The fraction of sp³-hybridized carbons (Fsp3) is 0.571. The van der Waals surface area contributed by atoms with E-state index in [-0.39, 0.29) is 0 Å². The lowest BCUT2D eigenvalue weighted by Gasteiger charge is -2.26. The Morgan fingerprint density at radius 2 is 1.73 bits per heavy atom. The third-order valence-corrected chi connectivity index (χ3v) is 3.57. The fourth-order valence-corrected chi connectivity index (χ4v) is 2.48. The van der Waals surface area contributed by atoms with Gasteiger partial charge in [-0.05, 0) is 62.4 Å². The van der Waals surface area contributed by atoms with Crippen LogP contribution in [0.25, 0.3) is 0 Å². The van der Waals surface area contributed by atoms with Crippen LogP contribution in [0.1, 0.15) is 47.6 Å². The molecule has 15 heavy (non-hydrogen) atoms. The van der Waals surface area contributed by atoms with Crippen molar-refractivity contribution < 1.29 is 0 Å². The van der Waals surface area contributed by atoms with Crippen LogP contribution in [-0.4, -0.2) is 6.54 Å². The first-order chi connectivity index (χ1) is 7.18. The molecule has 0 amide bonds. The van der Waals surface area contributed by atoms with Crippen LogP contribution in [0.15, 0.2) is 12.1 Å². The highest BCUT2D eigenvalue weighted by Gasteiger charge is 2.16. The van der Waals surface area contributed by atoms with E-state index >= 15 is 0 Å². The lowest BCUT2D eigenvalue weighted by Crippen LogP contribution is -2.27. The minimum Gasteiger partial charge on any atom is -0.310 e. The minimum atomic E-state index is 0.595. The summed E-state index contributed by atoms with van der Waals surface area (Å²) >= 11 is 0. The van der Waals surface area contributed by atoms with Crippen molar-refractivity contribution in [2.24, 2.45) is 0 Å². The lowest BCUT2D eigenvalue weighted by molar-refractivity contribution is 0.411. The summed E-state index contributed by atoms with van der Waals surface area (Å²) in [5, 5.41) is 3.62. The Labute approximate surface area is 92.9 Å². The number of hydrogen-bond donors (Lipinski definition) is 1. The SMILES string of the molecule is Cc1cc(C)c(C2CCCCN2)cc1C. The van der Waals surface area contributed by atoms with E-state index in [1.54, 1.807) is 0 Å². The van der Waals surface area contributed by atoms with Gasteiger partial charge in [-0.15, -0.1) is 0 Å². The molecule has 1 aliphatic heterocycles. The van der Waals surface area contributed by atoms with Crippen LogP contribution in [0, 0.1) is 20.8 Å². The molecule has 1 fully saturated rings. The van der Waals surface area contributed by atoms with E-state index in [0.29, 0.717) is 6.04 Å². The molecule has 0 aliphatic carbocycles. The summed E-state index contributed by atoms with van der Waals surface area (Å²) in [7, 11) is 0. The third-order valence-electron chi connectivity index (χ3n) is 3.57. The predicted molar refractivity (Wildman–Crippen MR) is 65.2 cm³/mol. The highest BCUT2D eigenvalue weighted by atomic mass is 14.9. The molecule has 1 N–H and O–H groups in total. The largest absolute Gasteiger partial charge is 0.310 e. The standard InChI is InChI=1S/C14H21N/c1-10-8-12(3)13(9-11(10)2)14-6-4-5-7-15-14/h8-9,14-15H,4-7H2,1-3H3. The number of piperidine rings is 1. The van der Waals surface area contributed by atoms with E-state index < -0.39 is 0 Å². The van der Waals surface area contributed by atoms with Crippen LogP contribution >= 0.6 is 0 Å². The van der Waals surface area contributed by atoms with Crippen molar-refractivity contribution in [1.82, 2.24) is 5.32 Å². The van der Waals surface area contributed by atoms with E-state index in [1.165, 1.54) is 48.1 Å². The van der Waals surface area contributed by atoms with Gasteiger partial charge in [-0.3, -0.25) is 0 Å². The second-order valence-corrected chi connectivity index (χ2v) is 4.80. The molecule has 82 valence electrons. The number of hydrogen-bond acceptors (Lipinski definition) is 1. The van der Waals surface area contributed by atoms with Gasteiger partial charge in [-0.1, -0.05) is 18.6 Å². The first kappa shape index (κ1) is 10.7. The molecule has 1 aromatic carbocycles. The molecule has 0 spiro atoms. The second kappa shape index (κ2) is 4.36. The van der Waals surface area contributed by atoms with Crippen LogP contribution < -0.4 is 5.32 Å². The molecule has 1 atom stereocenters. The molecule has 1 nitrogen and oxygen atoms in total. The number of aryl methyl sites for hydroxylation is 3. The summed E-state index contributed by atoms with van der Waals surface area (Å²) in [6, 6.07) is 5.28.